The van der Waals surface area contributed by atoms with Gasteiger partial charge in [-0.2, -0.15) is 0 Å². The molecule has 0 spiro atoms. The molecule has 0 bridgehead atoms. The Labute approximate surface area is 80.4 Å². The molecule has 0 aromatic heterocycles. The quantitative estimate of drug-likeness (QED) is 0.556. The Bertz CT molecular complexity index is 244. The van der Waals surface area contributed by atoms with Crippen molar-refractivity contribution in [2.75, 3.05) is 20.2 Å². The van der Waals surface area contributed by atoms with E-state index in [0.29, 0.717) is 0 Å². The molecule has 80 valence electrons. The lowest BCUT2D eigenvalue weighted by Gasteiger charge is -2.13. The fourth-order valence-electron chi connectivity index (χ4n) is 1.33. The van der Waals surface area contributed by atoms with E-state index in [2.05, 4.69) is 9.47 Å². The minimum atomic E-state index is -1.39. The molecule has 0 radical (unpaired) electrons. The first kappa shape index (κ1) is 10.6. The minimum Gasteiger partial charge on any atom is -0.453 e. The van der Waals surface area contributed by atoms with E-state index in [-0.39, 0.29) is 13.1 Å². The number of nitrogens with zero attached hydrogens (tertiary/aromatic N) is 1. The van der Waals surface area contributed by atoms with E-state index in [1.165, 1.54) is 12.0 Å². The lowest BCUT2D eigenvalue weighted by Crippen LogP contribution is -2.36. The summed E-state index contributed by atoms with van der Waals surface area (Å²) < 4.78 is 8.95. The zero-order chi connectivity index (χ0) is 10.7. The Morgan fingerprint density at radius 2 is 2.14 bits per heavy atom. The van der Waals surface area contributed by atoms with Crippen molar-refractivity contribution < 1.29 is 24.2 Å². The van der Waals surface area contributed by atoms with E-state index in [1.807, 2.05) is 0 Å². The smallest absolute Gasteiger partial charge is 0.453 e. The Morgan fingerprint density at radius 3 is 2.64 bits per heavy atom. The first-order valence-corrected chi connectivity index (χ1v) is 4.02. The van der Waals surface area contributed by atoms with E-state index < -0.39 is 24.4 Å². The Balaban J connectivity index is 2.51. The average Bonchev–Trinajstić information content (AvgIpc) is 2.46. The molecule has 0 saturated carbocycles. The maximum Gasteiger partial charge on any atom is 0.506 e. The van der Waals surface area contributed by atoms with Crippen LogP contribution in [0.2, 0.25) is 0 Å². The zero-order valence-corrected chi connectivity index (χ0v) is 7.67. The number of carbonyl (C=O) groups excluding carboxylic acids is 1. The highest BCUT2D eigenvalue weighted by Crippen LogP contribution is 2.12. The van der Waals surface area contributed by atoms with Crippen LogP contribution in [0.3, 0.4) is 0 Å². The molecule has 0 aromatic carbocycles. The summed E-state index contributed by atoms with van der Waals surface area (Å²) in [6, 6.07) is -0.495. The van der Waals surface area contributed by atoms with Gasteiger partial charge in [-0.25, -0.2) is 9.59 Å². The van der Waals surface area contributed by atoms with Crippen LogP contribution in [0.5, 0.6) is 0 Å². The van der Waals surface area contributed by atoms with Gasteiger partial charge in [0.25, 0.3) is 0 Å². The number of carboxylic acid groups (broad SMARTS) is 1. The number of nitrogens with two attached hydrogens (primary N) is 1. The molecular formula is C7H12N2O5. The van der Waals surface area contributed by atoms with Crippen LogP contribution in [0, 0.1) is 0 Å². The summed E-state index contributed by atoms with van der Waals surface area (Å²) in [5.74, 6) is 0. The molecule has 0 aromatic rings. The average molecular weight is 204 g/mol. The molecule has 0 aliphatic carbocycles. The molecule has 1 aliphatic rings. The van der Waals surface area contributed by atoms with Crippen LogP contribution in [0.1, 0.15) is 0 Å². The third-order valence-electron chi connectivity index (χ3n) is 1.99. The number of amides is 1. The van der Waals surface area contributed by atoms with Crippen molar-refractivity contribution in [3.63, 3.8) is 0 Å². The topological polar surface area (TPSA) is 102 Å². The van der Waals surface area contributed by atoms with Gasteiger partial charge in [0.1, 0.15) is 6.10 Å². The molecule has 7 heteroatoms. The van der Waals surface area contributed by atoms with Gasteiger partial charge in [0.05, 0.1) is 19.7 Å². The maximum atomic E-state index is 11.0. The molecule has 1 amide bonds. The van der Waals surface area contributed by atoms with Gasteiger partial charge < -0.3 is 25.2 Å². The first-order chi connectivity index (χ1) is 6.54. The second-order valence-corrected chi connectivity index (χ2v) is 2.96. The number of methoxy groups -OCH3 is 1. The molecule has 1 heterocycles. The Hall–Kier alpha value is -1.50. The number of carbonyl (C=O) groups is 2. The molecule has 3 N–H and O–H groups in total. The number of rotatable bonds is 1. The van der Waals surface area contributed by atoms with E-state index in [0.717, 1.165) is 0 Å². The SMILES string of the molecule is COC(=O)N1CC(N)C(OC(=O)O)C1. The van der Waals surface area contributed by atoms with Gasteiger partial charge in [-0.15, -0.1) is 0 Å². The predicted octanol–water partition coefficient (Wildman–Crippen LogP) is -0.541. The van der Waals surface area contributed by atoms with Crippen molar-refractivity contribution in [1.82, 2.24) is 4.90 Å². The highest BCUT2D eigenvalue weighted by atomic mass is 16.7. The van der Waals surface area contributed by atoms with Crippen LogP contribution in [-0.2, 0) is 9.47 Å². The molecule has 1 rings (SSSR count). The minimum absolute atomic E-state index is 0.139. The van der Waals surface area contributed by atoms with E-state index in [1.54, 1.807) is 0 Å². The van der Waals surface area contributed by atoms with Crippen molar-refractivity contribution >= 4 is 12.2 Å². The van der Waals surface area contributed by atoms with E-state index in [4.69, 9.17) is 10.8 Å². The normalized spacial score (nSPS) is 26.0. The van der Waals surface area contributed by atoms with Crippen LogP contribution in [0.4, 0.5) is 9.59 Å². The predicted molar refractivity (Wildman–Crippen MR) is 44.9 cm³/mol. The standard InChI is InChI=1S/C7H12N2O5/c1-13-6(10)9-2-4(8)5(3-9)14-7(11)12/h4-5H,2-3,8H2,1H3,(H,11,12). The van der Waals surface area contributed by atoms with Crippen molar-refractivity contribution in [3.8, 4) is 0 Å². The first-order valence-electron chi connectivity index (χ1n) is 4.02. The van der Waals surface area contributed by atoms with Crippen molar-refractivity contribution in [1.29, 1.82) is 0 Å². The lowest BCUT2D eigenvalue weighted by molar-refractivity contribution is 0.0492. The third kappa shape index (κ3) is 2.25. The highest BCUT2D eigenvalue weighted by molar-refractivity contribution is 5.68. The fraction of sp³-hybridized carbons (Fsp3) is 0.714. The van der Waals surface area contributed by atoms with Gasteiger partial charge in [-0.3, -0.25) is 0 Å². The maximum absolute atomic E-state index is 11.0. The highest BCUT2D eigenvalue weighted by Gasteiger charge is 2.36. The number of hydrogen-bond acceptors (Lipinski definition) is 5. The summed E-state index contributed by atoms with van der Waals surface area (Å²) in [7, 11) is 1.25. The fourth-order valence-corrected chi connectivity index (χ4v) is 1.33. The number of hydrogen-bond donors (Lipinski definition) is 2. The molecule has 2 atom stereocenters. The van der Waals surface area contributed by atoms with Crippen LogP contribution >= 0.6 is 0 Å². The third-order valence-corrected chi connectivity index (χ3v) is 1.99. The van der Waals surface area contributed by atoms with Gasteiger partial charge in [0.15, 0.2) is 0 Å². The number of ether oxygens (including phenoxy) is 2. The lowest BCUT2D eigenvalue weighted by atomic mass is 10.2. The zero-order valence-electron chi connectivity index (χ0n) is 7.67. The van der Waals surface area contributed by atoms with Gasteiger partial charge in [0.2, 0.25) is 0 Å². The monoisotopic (exact) mass is 204 g/mol. The van der Waals surface area contributed by atoms with E-state index >= 15 is 0 Å². The second kappa shape index (κ2) is 4.14. The largest absolute Gasteiger partial charge is 0.506 e. The molecule has 14 heavy (non-hydrogen) atoms. The molecule has 1 aliphatic heterocycles. The summed E-state index contributed by atoms with van der Waals surface area (Å²) in [6.45, 7) is 0.380. The summed E-state index contributed by atoms with van der Waals surface area (Å²) >= 11 is 0. The van der Waals surface area contributed by atoms with Gasteiger partial charge >= 0.3 is 12.2 Å². The Kier molecular flexibility index (Phi) is 3.13. The summed E-state index contributed by atoms with van der Waals surface area (Å²) in [5.41, 5.74) is 5.57. The molecular weight excluding hydrogens is 192 g/mol. The molecule has 2 unspecified atom stereocenters. The molecule has 7 nitrogen and oxygen atoms in total. The van der Waals surface area contributed by atoms with Crippen molar-refractivity contribution in [2.24, 2.45) is 5.73 Å². The Morgan fingerprint density at radius 1 is 1.50 bits per heavy atom. The summed E-state index contributed by atoms with van der Waals surface area (Å²) in [6.07, 6.45) is -2.60. The van der Waals surface area contributed by atoms with Crippen LogP contribution < -0.4 is 5.73 Å². The van der Waals surface area contributed by atoms with Crippen LogP contribution in [-0.4, -0.2) is 54.6 Å². The van der Waals surface area contributed by atoms with Crippen molar-refractivity contribution in [3.05, 3.63) is 0 Å². The van der Waals surface area contributed by atoms with Gasteiger partial charge in [0, 0.05) is 6.54 Å². The summed E-state index contributed by atoms with van der Waals surface area (Å²) in [4.78, 5) is 22.6. The van der Waals surface area contributed by atoms with E-state index in [9.17, 15) is 9.59 Å². The van der Waals surface area contributed by atoms with Crippen molar-refractivity contribution in [2.45, 2.75) is 12.1 Å². The summed E-state index contributed by atoms with van der Waals surface area (Å²) in [5, 5.41) is 8.36. The molecule has 1 saturated heterocycles. The number of likely N-dealkylation sites (tertiary alicyclic amines) is 1. The van der Waals surface area contributed by atoms with Gasteiger partial charge in [-0.05, 0) is 0 Å². The second-order valence-electron chi connectivity index (χ2n) is 2.96. The van der Waals surface area contributed by atoms with Gasteiger partial charge in [-0.1, -0.05) is 0 Å². The van der Waals surface area contributed by atoms with Crippen LogP contribution in [0.15, 0.2) is 0 Å². The van der Waals surface area contributed by atoms with Crippen LogP contribution in [0.25, 0.3) is 0 Å². The molecule has 1 fully saturated rings.